The zero-order chi connectivity index (χ0) is 15.9. The molecule has 0 saturated carbocycles. The number of hydrogen-bond donors (Lipinski definition) is 1. The first-order valence-corrected chi connectivity index (χ1v) is 8.10. The number of rotatable bonds is 7. The summed E-state index contributed by atoms with van der Waals surface area (Å²) in [5.74, 6) is 0.621. The molecule has 2 aromatic carbocycles. The number of halogens is 1. The number of nitrogens with one attached hydrogen (secondary N) is 1. The minimum atomic E-state index is -0.230. The fourth-order valence-corrected chi connectivity index (χ4v) is 2.82. The van der Waals surface area contributed by atoms with E-state index in [2.05, 4.69) is 15.5 Å². The fraction of sp³-hybridized carbons (Fsp3) is 0.176. The van der Waals surface area contributed by atoms with Crippen LogP contribution < -0.4 is 10.1 Å². The van der Waals surface area contributed by atoms with Crippen LogP contribution in [-0.4, -0.2) is 23.3 Å². The van der Waals surface area contributed by atoms with Crippen molar-refractivity contribution in [2.24, 2.45) is 0 Å². The van der Waals surface area contributed by atoms with Crippen molar-refractivity contribution in [1.29, 1.82) is 0 Å². The second kappa shape index (κ2) is 7.69. The monoisotopic (exact) mass is 329 g/mol. The number of hydrogen-bond acceptors (Lipinski definition) is 5. The largest absolute Gasteiger partial charge is 0.492 e. The van der Waals surface area contributed by atoms with Crippen LogP contribution in [0.5, 0.6) is 5.75 Å². The van der Waals surface area contributed by atoms with Gasteiger partial charge < -0.3 is 10.1 Å². The first kappa shape index (κ1) is 15.4. The van der Waals surface area contributed by atoms with Crippen molar-refractivity contribution >= 4 is 16.5 Å². The molecule has 0 aliphatic heterocycles. The van der Waals surface area contributed by atoms with E-state index in [1.165, 1.54) is 23.5 Å². The quantitative estimate of drug-likeness (QED) is 0.671. The normalized spacial score (nSPS) is 10.5. The summed E-state index contributed by atoms with van der Waals surface area (Å²) in [6, 6.07) is 16.1. The Morgan fingerprint density at radius 2 is 1.78 bits per heavy atom. The lowest BCUT2D eigenvalue weighted by atomic mass is 10.2. The summed E-state index contributed by atoms with van der Waals surface area (Å²) < 4.78 is 18.5. The molecule has 0 aliphatic rings. The van der Waals surface area contributed by atoms with Gasteiger partial charge in [0.15, 0.2) is 0 Å². The van der Waals surface area contributed by atoms with Crippen molar-refractivity contribution in [3.63, 3.8) is 0 Å². The van der Waals surface area contributed by atoms with Crippen LogP contribution in [0.25, 0.3) is 0 Å². The van der Waals surface area contributed by atoms with Crippen LogP contribution in [0.2, 0.25) is 0 Å². The molecule has 1 aromatic heterocycles. The highest BCUT2D eigenvalue weighted by Crippen LogP contribution is 2.18. The van der Waals surface area contributed by atoms with Gasteiger partial charge in [0.2, 0.25) is 5.13 Å². The second-order valence-corrected chi connectivity index (χ2v) is 5.95. The highest BCUT2D eigenvalue weighted by molar-refractivity contribution is 7.15. The van der Waals surface area contributed by atoms with Crippen molar-refractivity contribution in [2.45, 2.75) is 6.42 Å². The maximum atomic E-state index is 12.9. The van der Waals surface area contributed by atoms with Crippen molar-refractivity contribution in [3.05, 3.63) is 71.0 Å². The van der Waals surface area contributed by atoms with E-state index in [4.69, 9.17) is 4.74 Å². The highest BCUT2D eigenvalue weighted by Gasteiger charge is 2.05. The smallest absolute Gasteiger partial charge is 0.205 e. The summed E-state index contributed by atoms with van der Waals surface area (Å²) in [6.45, 7) is 1.21. The molecule has 1 N–H and O–H groups in total. The van der Waals surface area contributed by atoms with Crippen LogP contribution in [0.15, 0.2) is 54.6 Å². The molecule has 0 atom stereocenters. The first-order valence-electron chi connectivity index (χ1n) is 7.28. The predicted molar refractivity (Wildman–Crippen MR) is 89.5 cm³/mol. The molecule has 0 spiro atoms. The second-order valence-electron chi connectivity index (χ2n) is 4.89. The molecule has 3 rings (SSSR count). The van der Waals surface area contributed by atoms with E-state index in [0.717, 1.165) is 21.5 Å². The average molecular weight is 329 g/mol. The van der Waals surface area contributed by atoms with E-state index in [1.54, 1.807) is 12.1 Å². The Bertz CT molecular complexity index is 731. The number of aromatic nitrogens is 2. The lowest BCUT2D eigenvalue weighted by Crippen LogP contribution is -2.11. The van der Waals surface area contributed by atoms with Gasteiger partial charge in [-0.15, -0.1) is 10.2 Å². The third-order valence-corrected chi connectivity index (χ3v) is 4.01. The van der Waals surface area contributed by atoms with E-state index >= 15 is 0 Å². The molecule has 23 heavy (non-hydrogen) atoms. The molecule has 4 nitrogen and oxygen atoms in total. The van der Waals surface area contributed by atoms with Crippen molar-refractivity contribution < 1.29 is 9.13 Å². The molecule has 0 radical (unpaired) electrons. The fourth-order valence-electron chi connectivity index (χ4n) is 2.02. The Kier molecular flexibility index (Phi) is 5.16. The predicted octanol–water partition coefficient (Wildman–Crippen LogP) is 3.76. The Morgan fingerprint density at radius 1 is 1.00 bits per heavy atom. The molecule has 0 unspecified atom stereocenters. The molecule has 0 saturated heterocycles. The van der Waals surface area contributed by atoms with Gasteiger partial charge in [-0.25, -0.2) is 4.39 Å². The van der Waals surface area contributed by atoms with Crippen LogP contribution in [0.3, 0.4) is 0 Å². The third-order valence-electron chi connectivity index (χ3n) is 3.13. The zero-order valence-corrected chi connectivity index (χ0v) is 13.2. The average Bonchev–Trinajstić information content (AvgIpc) is 3.02. The van der Waals surface area contributed by atoms with Crippen molar-refractivity contribution in [1.82, 2.24) is 10.2 Å². The number of para-hydroxylation sites is 1. The minimum Gasteiger partial charge on any atom is -0.492 e. The number of anilines is 1. The van der Waals surface area contributed by atoms with E-state index in [-0.39, 0.29) is 5.82 Å². The molecule has 6 heteroatoms. The Hall–Kier alpha value is -2.47. The Balaban J connectivity index is 1.45. The van der Waals surface area contributed by atoms with Gasteiger partial charge in [-0.1, -0.05) is 41.7 Å². The summed E-state index contributed by atoms with van der Waals surface area (Å²) in [5.41, 5.74) is 1.02. The molecular formula is C17H16FN3OS. The summed E-state index contributed by atoms with van der Waals surface area (Å²) >= 11 is 1.50. The summed E-state index contributed by atoms with van der Waals surface area (Å²) in [6.07, 6.45) is 0.653. The van der Waals surface area contributed by atoms with E-state index in [0.29, 0.717) is 19.6 Å². The van der Waals surface area contributed by atoms with Crippen LogP contribution in [-0.2, 0) is 6.42 Å². The highest BCUT2D eigenvalue weighted by atomic mass is 32.1. The molecule has 0 fully saturated rings. The minimum absolute atomic E-state index is 0.230. The molecule has 118 valence electrons. The summed E-state index contributed by atoms with van der Waals surface area (Å²) in [7, 11) is 0. The zero-order valence-electron chi connectivity index (χ0n) is 12.4. The van der Waals surface area contributed by atoms with Crippen molar-refractivity contribution in [2.75, 3.05) is 18.5 Å². The van der Waals surface area contributed by atoms with Crippen LogP contribution in [0, 0.1) is 5.82 Å². The van der Waals surface area contributed by atoms with E-state index < -0.39 is 0 Å². The molecular weight excluding hydrogens is 313 g/mol. The van der Waals surface area contributed by atoms with E-state index in [1.807, 2.05) is 30.3 Å². The topological polar surface area (TPSA) is 47.0 Å². The molecule has 0 amide bonds. The number of nitrogens with zero attached hydrogens (tertiary/aromatic N) is 2. The molecule has 0 aliphatic carbocycles. The summed E-state index contributed by atoms with van der Waals surface area (Å²) in [5, 5.41) is 13.1. The van der Waals surface area contributed by atoms with Gasteiger partial charge in [-0.05, 0) is 29.8 Å². The third kappa shape index (κ3) is 4.75. The van der Waals surface area contributed by atoms with Crippen LogP contribution in [0.4, 0.5) is 9.52 Å². The standard InChI is InChI=1S/C17H16FN3OS/c18-14-8-6-13(7-9-14)12-16-20-21-17(23-16)19-10-11-22-15-4-2-1-3-5-15/h1-9H,10-12H2,(H,19,21). The first-order chi connectivity index (χ1) is 11.3. The number of benzene rings is 2. The lowest BCUT2D eigenvalue weighted by molar-refractivity contribution is 0.333. The summed E-state index contributed by atoms with van der Waals surface area (Å²) in [4.78, 5) is 0. The maximum absolute atomic E-state index is 12.9. The van der Waals surface area contributed by atoms with Gasteiger partial charge in [0.1, 0.15) is 23.2 Å². The van der Waals surface area contributed by atoms with Gasteiger partial charge in [-0.2, -0.15) is 0 Å². The van der Waals surface area contributed by atoms with Gasteiger partial charge in [-0.3, -0.25) is 0 Å². The lowest BCUT2D eigenvalue weighted by Gasteiger charge is -2.05. The molecule has 3 aromatic rings. The Labute approximate surface area is 138 Å². The van der Waals surface area contributed by atoms with Gasteiger partial charge in [0.25, 0.3) is 0 Å². The van der Waals surface area contributed by atoms with Crippen LogP contribution in [0.1, 0.15) is 10.6 Å². The SMILES string of the molecule is Fc1ccc(Cc2nnc(NCCOc3ccccc3)s2)cc1. The number of ether oxygens (including phenoxy) is 1. The van der Waals surface area contributed by atoms with Gasteiger partial charge in [0, 0.05) is 6.42 Å². The van der Waals surface area contributed by atoms with Crippen molar-refractivity contribution in [3.8, 4) is 5.75 Å². The van der Waals surface area contributed by atoms with Gasteiger partial charge >= 0.3 is 0 Å². The molecule has 1 heterocycles. The van der Waals surface area contributed by atoms with E-state index in [9.17, 15) is 4.39 Å². The Morgan fingerprint density at radius 3 is 2.57 bits per heavy atom. The molecule has 0 bridgehead atoms. The van der Waals surface area contributed by atoms with Gasteiger partial charge in [0.05, 0.1) is 6.54 Å². The van der Waals surface area contributed by atoms with Crippen LogP contribution >= 0.6 is 11.3 Å². The maximum Gasteiger partial charge on any atom is 0.205 e.